The third-order valence-electron chi connectivity index (χ3n) is 3.54. The van der Waals surface area contributed by atoms with Gasteiger partial charge < -0.3 is 9.47 Å². The van der Waals surface area contributed by atoms with E-state index in [2.05, 4.69) is 10.1 Å². The second-order valence-corrected chi connectivity index (χ2v) is 5.09. The average molecular weight is 335 g/mol. The van der Waals surface area contributed by atoms with E-state index in [1.807, 2.05) is 6.92 Å². The third-order valence-corrected chi connectivity index (χ3v) is 3.54. The molecule has 0 fully saturated rings. The second kappa shape index (κ2) is 8.29. The number of nitrogens with one attached hydrogen (secondary N) is 1. The fourth-order valence-corrected chi connectivity index (χ4v) is 2.20. The van der Waals surface area contributed by atoms with Crippen molar-refractivity contribution in [1.82, 2.24) is 0 Å². The lowest BCUT2D eigenvalue weighted by atomic mass is 10.1. The van der Waals surface area contributed by atoms with Gasteiger partial charge in [0.05, 0.1) is 18.4 Å². The molecule has 0 radical (unpaired) electrons. The third kappa shape index (κ3) is 4.44. The van der Waals surface area contributed by atoms with Crippen LogP contribution < -0.4 is 10.1 Å². The zero-order chi connectivity index (χ0) is 17.5. The van der Waals surface area contributed by atoms with Crippen LogP contribution in [0, 0.1) is 0 Å². The summed E-state index contributed by atoms with van der Waals surface area (Å²) in [7, 11) is 1.26. The molecule has 0 aliphatic heterocycles. The Bertz CT molecular complexity index is 704. The van der Waals surface area contributed by atoms with Crippen LogP contribution >= 0.6 is 0 Å². The molecule has 2 aromatic rings. The zero-order valence-corrected chi connectivity index (χ0v) is 13.5. The van der Waals surface area contributed by atoms with Gasteiger partial charge >= 0.3 is 6.09 Å². The van der Waals surface area contributed by atoms with Gasteiger partial charge in [-0.3, -0.25) is 5.32 Å². The Balaban J connectivity index is 2.18. The molecular formula is C18H19F2NO3. The summed E-state index contributed by atoms with van der Waals surface area (Å²) < 4.78 is 36.6. The van der Waals surface area contributed by atoms with Crippen LogP contribution in [-0.2, 0) is 17.8 Å². The van der Waals surface area contributed by atoms with Crippen molar-refractivity contribution in [3.05, 3.63) is 59.2 Å². The summed E-state index contributed by atoms with van der Waals surface area (Å²) in [5.41, 5.74) is 1.86. The van der Waals surface area contributed by atoms with Crippen LogP contribution in [0.25, 0.3) is 0 Å². The molecule has 0 atom stereocenters. The van der Waals surface area contributed by atoms with Gasteiger partial charge in [0.15, 0.2) is 0 Å². The Kier molecular flexibility index (Phi) is 6.12. The van der Waals surface area contributed by atoms with Crippen molar-refractivity contribution >= 4 is 11.8 Å². The molecule has 0 bridgehead atoms. The maximum atomic E-state index is 13.2. The van der Waals surface area contributed by atoms with E-state index in [1.165, 1.54) is 13.2 Å². The molecule has 0 aromatic heterocycles. The smallest absolute Gasteiger partial charge is 0.411 e. The van der Waals surface area contributed by atoms with Gasteiger partial charge in [0.25, 0.3) is 6.43 Å². The summed E-state index contributed by atoms with van der Waals surface area (Å²) in [5.74, 6) is 0.134. The molecule has 2 rings (SSSR count). The monoisotopic (exact) mass is 335 g/mol. The summed E-state index contributed by atoms with van der Waals surface area (Å²) in [5, 5.41) is 2.56. The topological polar surface area (TPSA) is 47.6 Å². The fraction of sp³-hybridized carbons (Fsp3) is 0.278. The molecule has 0 spiro atoms. The first-order valence-corrected chi connectivity index (χ1v) is 7.51. The molecule has 6 heteroatoms. The van der Waals surface area contributed by atoms with Gasteiger partial charge in [-0.1, -0.05) is 31.2 Å². The van der Waals surface area contributed by atoms with Crippen LogP contribution in [0.3, 0.4) is 0 Å². The van der Waals surface area contributed by atoms with Crippen LogP contribution in [0.1, 0.15) is 30.0 Å². The van der Waals surface area contributed by atoms with E-state index < -0.39 is 12.5 Å². The van der Waals surface area contributed by atoms with Crippen molar-refractivity contribution in [1.29, 1.82) is 0 Å². The molecule has 0 heterocycles. The minimum atomic E-state index is -2.62. The van der Waals surface area contributed by atoms with Crippen LogP contribution in [-0.4, -0.2) is 13.2 Å². The lowest BCUT2D eigenvalue weighted by molar-refractivity contribution is 0.144. The summed E-state index contributed by atoms with van der Waals surface area (Å²) in [6, 6.07) is 11.7. The number of alkyl halides is 2. The molecule has 0 aliphatic carbocycles. The van der Waals surface area contributed by atoms with Crippen LogP contribution in [0.4, 0.5) is 19.3 Å². The van der Waals surface area contributed by atoms with Crippen LogP contribution in [0.15, 0.2) is 42.5 Å². The van der Waals surface area contributed by atoms with Crippen molar-refractivity contribution in [3.8, 4) is 5.75 Å². The normalized spacial score (nSPS) is 10.5. The molecule has 4 nitrogen and oxygen atoms in total. The van der Waals surface area contributed by atoms with Gasteiger partial charge in [0.1, 0.15) is 12.4 Å². The first-order chi connectivity index (χ1) is 11.5. The number of benzene rings is 2. The highest BCUT2D eigenvalue weighted by molar-refractivity contribution is 5.85. The second-order valence-electron chi connectivity index (χ2n) is 5.09. The maximum Gasteiger partial charge on any atom is 0.411 e. The van der Waals surface area contributed by atoms with Crippen LogP contribution in [0.5, 0.6) is 5.75 Å². The molecule has 1 amide bonds. The Morgan fingerprint density at radius 3 is 2.62 bits per heavy atom. The molecule has 0 saturated carbocycles. The predicted molar refractivity (Wildman–Crippen MR) is 87.6 cm³/mol. The molecule has 2 aromatic carbocycles. The quantitative estimate of drug-likeness (QED) is 0.813. The predicted octanol–water partition coefficient (Wildman–Crippen LogP) is 4.94. The summed E-state index contributed by atoms with van der Waals surface area (Å²) in [6.07, 6.45) is -2.55. The standard InChI is InChI=1S/C18H19F2NO3/c1-3-12-8-9-16(14(10-12)17(19)20)24-11-13-6-4-5-7-15(13)21-18(22)23-2/h4-10,17H,3,11H2,1-2H3,(H,21,22). The van der Waals surface area contributed by atoms with Crippen molar-refractivity contribution < 1.29 is 23.0 Å². The highest BCUT2D eigenvalue weighted by Crippen LogP contribution is 2.31. The minimum Gasteiger partial charge on any atom is -0.488 e. The first kappa shape index (κ1) is 17.7. The number of hydrogen-bond acceptors (Lipinski definition) is 3. The van der Waals surface area contributed by atoms with Crippen molar-refractivity contribution in [2.45, 2.75) is 26.4 Å². The molecule has 0 saturated heterocycles. The Morgan fingerprint density at radius 2 is 1.96 bits per heavy atom. The molecular weight excluding hydrogens is 316 g/mol. The highest BCUT2D eigenvalue weighted by atomic mass is 19.3. The number of carbonyl (C=O) groups excluding carboxylic acids is 1. The number of para-hydroxylation sites is 1. The number of ether oxygens (including phenoxy) is 2. The van der Waals surface area contributed by atoms with Gasteiger partial charge in [0.2, 0.25) is 0 Å². The Labute approximate surface area is 139 Å². The number of methoxy groups -OCH3 is 1. The number of rotatable bonds is 6. The largest absolute Gasteiger partial charge is 0.488 e. The van der Waals surface area contributed by atoms with E-state index in [4.69, 9.17) is 4.74 Å². The molecule has 1 N–H and O–H groups in total. The van der Waals surface area contributed by atoms with Gasteiger partial charge in [-0.2, -0.15) is 0 Å². The van der Waals surface area contributed by atoms with Gasteiger partial charge in [-0.05, 0) is 30.2 Å². The van der Waals surface area contributed by atoms with Crippen molar-refractivity contribution in [2.75, 3.05) is 12.4 Å². The highest BCUT2D eigenvalue weighted by Gasteiger charge is 2.15. The lowest BCUT2D eigenvalue weighted by Crippen LogP contribution is -2.13. The summed E-state index contributed by atoms with van der Waals surface area (Å²) in [4.78, 5) is 11.3. The number of carbonyl (C=O) groups is 1. The Morgan fingerprint density at radius 1 is 1.21 bits per heavy atom. The molecule has 0 aliphatic rings. The van der Waals surface area contributed by atoms with Crippen molar-refractivity contribution in [3.63, 3.8) is 0 Å². The van der Waals surface area contributed by atoms with E-state index in [0.29, 0.717) is 17.7 Å². The molecule has 0 unspecified atom stereocenters. The van der Waals surface area contributed by atoms with E-state index in [-0.39, 0.29) is 17.9 Å². The summed E-state index contributed by atoms with van der Waals surface area (Å²) >= 11 is 0. The number of hydrogen-bond donors (Lipinski definition) is 1. The van der Waals surface area contributed by atoms with Crippen LogP contribution in [0.2, 0.25) is 0 Å². The first-order valence-electron chi connectivity index (χ1n) is 7.51. The van der Waals surface area contributed by atoms with Crippen molar-refractivity contribution in [2.24, 2.45) is 0 Å². The summed E-state index contributed by atoms with van der Waals surface area (Å²) in [6.45, 7) is 1.95. The van der Waals surface area contributed by atoms with E-state index in [9.17, 15) is 13.6 Å². The number of anilines is 1. The van der Waals surface area contributed by atoms with Gasteiger partial charge in [-0.15, -0.1) is 0 Å². The average Bonchev–Trinajstić information content (AvgIpc) is 2.60. The number of halogens is 2. The number of aryl methyl sites for hydroxylation is 1. The van der Waals surface area contributed by atoms with Gasteiger partial charge in [0, 0.05) is 5.56 Å². The number of amides is 1. The SMILES string of the molecule is CCc1ccc(OCc2ccccc2NC(=O)OC)c(C(F)F)c1. The van der Waals surface area contributed by atoms with E-state index >= 15 is 0 Å². The molecule has 128 valence electrons. The Hall–Kier alpha value is -2.63. The lowest BCUT2D eigenvalue weighted by Gasteiger charge is -2.14. The molecule has 24 heavy (non-hydrogen) atoms. The van der Waals surface area contributed by atoms with E-state index in [0.717, 1.165) is 5.56 Å². The minimum absolute atomic E-state index is 0.0470. The fourth-order valence-electron chi connectivity index (χ4n) is 2.20. The maximum absolute atomic E-state index is 13.2. The van der Waals surface area contributed by atoms with Gasteiger partial charge in [-0.25, -0.2) is 13.6 Å². The van der Waals surface area contributed by atoms with E-state index in [1.54, 1.807) is 36.4 Å². The zero-order valence-electron chi connectivity index (χ0n) is 13.5.